The lowest BCUT2D eigenvalue weighted by molar-refractivity contribution is -0.384. The fourth-order valence-corrected chi connectivity index (χ4v) is 2.42. The number of carbonyl (C=O) groups excluding carboxylic acids is 2. The average Bonchev–Trinajstić information content (AvgIpc) is 2.69. The zero-order valence-corrected chi connectivity index (χ0v) is 16.2. The third-order valence-corrected chi connectivity index (χ3v) is 3.82. The molecule has 2 aromatic rings. The summed E-state index contributed by atoms with van der Waals surface area (Å²) in [5.74, 6) is -0.195. The highest BCUT2D eigenvalue weighted by Gasteiger charge is 2.15. The molecule has 0 aliphatic carbocycles. The first-order valence-corrected chi connectivity index (χ1v) is 8.86. The number of amides is 1. The van der Waals surface area contributed by atoms with Crippen LogP contribution in [0.1, 0.15) is 18.4 Å². The van der Waals surface area contributed by atoms with Gasteiger partial charge in [-0.05, 0) is 37.1 Å². The maximum atomic E-state index is 12.0. The van der Waals surface area contributed by atoms with E-state index in [1.54, 1.807) is 0 Å². The molecule has 29 heavy (non-hydrogen) atoms. The molecule has 0 aliphatic rings. The molecule has 0 saturated heterocycles. The first-order valence-electron chi connectivity index (χ1n) is 8.86. The van der Waals surface area contributed by atoms with E-state index < -0.39 is 23.4 Å². The number of anilines is 1. The number of hydrogen-bond acceptors (Lipinski definition) is 7. The number of nitro benzene ring substituents is 1. The van der Waals surface area contributed by atoms with Gasteiger partial charge in [-0.3, -0.25) is 19.7 Å². The van der Waals surface area contributed by atoms with Crippen molar-refractivity contribution in [3.63, 3.8) is 0 Å². The van der Waals surface area contributed by atoms with Crippen molar-refractivity contribution in [3.05, 3.63) is 58.1 Å². The normalized spacial score (nSPS) is 10.1. The van der Waals surface area contributed by atoms with E-state index in [1.165, 1.54) is 25.3 Å². The summed E-state index contributed by atoms with van der Waals surface area (Å²) in [7, 11) is 1.37. The molecule has 0 aliphatic heterocycles. The maximum Gasteiger partial charge on any atom is 0.306 e. The number of methoxy groups -OCH3 is 1. The fourth-order valence-electron chi connectivity index (χ4n) is 2.42. The second kappa shape index (κ2) is 10.6. The quantitative estimate of drug-likeness (QED) is 0.280. The van der Waals surface area contributed by atoms with Gasteiger partial charge in [-0.1, -0.05) is 12.1 Å². The van der Waals surface area contributed by atoms with Crippen LogP contribution in [0.3, 0.4) is 0 Å². The molecule has 0 radical (unpaired) electrons. The molecule has 0 saturated carbocycles. The summed E-state index contributed by atoms with van der Waals surface area (Å²) in [6.45, 7) is 1.79. The number of rotatable bonds is 10. The summed E-state index contributed by atoms with van der Waals surface area (Å²) in [5.41, 5.74) is 0.995. The van der Waals surface area contributed by atoms with Gasteiger partial charge in [-0.2, -0.15) is 0 Å². The van der Waals surface area contributed by atoms with Gasteiger partial charge in [0.2, 0.25) is 0 Å². The Kier molecular flexibility index (Phi) is 7.96. The van der Waals surface area contributed by atoms with Crippen LogP contribution in [0.2, 0.25) is 0 Å². The number of esters is 1. The minimum absolute atomic E-state index is 0.0965. The predicted molar refractivity (Wildman–Crippen MR) is 105 cm³/mol. The average molecular weight is 402 g/mol. The Labute approximate surface area is 167 Å². The molecular formula is C20H22N2O7. The second-order valence-electron chi connectivity index (χ2n) is 6.12. The predicted octanol–water partition coefficient (Wildman–Crippen LogP) is 3.25. The van der Waals surface area contributed by atoms with E-state index >= 15 is 0 Å². The van der Waals surface area contributed by atoms with Crippen molar-refractivity contribution in [2.75, 3.05) is 25.6 Å². The number of non-ortho nitro benzene ring substituents is 1. The van der Waals surface area contributed by atoms with E-state index in [0.717, 1.165) is 11.3 Å². The molecule has 0 spiro atoms. The third kappa shape index (κ3) is 7.13. The van der Waals surface area contributed by atoms with Gasteiger partial charge < -0.3 is 19.5 Å². The van der Waals surface area contributed by atoms with Gasteiger partial charge in [0, 0.05) is 18.6 Å². The van der Waals surface area contributed by atoms with Gasteiger partial charge in [-0.25, -0.2) is 0 Å². The second-order valence-corrected chi connectivity index (χ2v) is 6.12. The summed E-state index contributed by atoms with van der Waals surface area (Å²) in [6, 6.07) is 11.4. The molecule has 2 aromatic carbocycles. The van der Waals surface area contributed by atoms with Crippen LogP contribution in [0.4, 0.5) is 11.4 Å². The number of ether oxygens (including phenoxy) is 3. The monoisotopic (exact) mass is 402 g/mol. The van der Waals surface area contributed by atoms with Gasteiger partial charge in [0.05, 0.1) is 24.3 Å². The molecule has 9 nitrogen and oxygen atoms in total. The Hall–Kier alpha value is -3.62. The Morgan fingerprint density at radius 3 is 2.66 bits per heavy atom. The lowest BCUT2D eigenvalue weighted by atomic mass is 10.2. The van der Waals surface area contributed by atoms with Crippen molar-refractivity contribution >= 4 is 23.3 Å². The van der Waals surface area contributed by atoms with Crippen LogP contribution in [0.25, 0.3) is 0 Å². The molecule has 0 fully saturated rings. The third-order valence-electron chi connectivity index (χ3n) is 3.82. The number of benzene rings is 2. The number of nitro groups is 1. The van der Waals surface area contributed by atoms with E-state index in [9.17, 15) is 19.7 Å². The van der Waals surface area contributed by atoms with Crippen molar-refractivity contribution in [1.29, 1.82) is 0 Å². The van der Waals surface area contributed by atoms with Crippen LogP contribution < -0.4 is 14.8 Å². The maximum absolute atomic E-state index is 12.0. The SMILES string of the molecule is COc1ccc([N+](=O)[O-])cc1NC(=O)COC(=O)CCCOc1cccc(C)c1. The molecule has 9 heteroatoms. The van der Waals surface area contributed by atoms with Crippen molar-refractivity contribution in [1.82, 2.24) is 0 Å². The number of aryl methyl sites for hydroxylation is 1. The summed E-state index contributed by atoms with van der Waals surface area (Å²) < 4.78 is 15.5. The van der Waals surface area contributed by atoms with E-state index in [1.807, 2.05) is 31.2 Å². The van der Waals surface area contributed by atoms with Gasteiger partial charge in [0.15, 0.2) is 6.61 Å². The lowest BCUT2D eigenvalue weighted by Crippen LogP contribution is -2.21. The highest BCUT2D eigenvalue weighted by Crippen LogP contribution is 2.28. The van der Waals surface area contributed by atoms with Gasteiger partial charge in [0.1, 0.15) is 11.5 Å². The number of hydrogen-bond donors (Lipinski definition) is 1. The number of nitrogens with one attached hydrogen (secondary N) is 1. The van der Waals surface area contributed by atoms with Crippen LogP contribution in [0.5, 0.6) is 11.5 Å². The van der Waals surface area contributed by atoms with Crippen molar-refractivity contribution in [2.24, 2.45) is 0 Å². The molecule has 154 valence electrons. The summed E-state index contributed by atoms with van der Waals surface area (Å²) >= 11 is 0. The van der Waals surface area contributed by atoms with E-state index in [2.05, 4.69) is 5.32 Å². The molecule has 0 unspecified atom stereocenters. The summed E-state index contributed by atoms with van der Waals surface area (Å²) in [5, 5.41) is 13.3. The molecule has 1 N–H and O–H groups in total. The minimum atomic E-state index is -0.631. The lowest BCUT2D eigenvalue weighted by Gasteiger charge is -2.10. The Balaban J connectivity index is 1.74. The highest BCUT2D eigenvalue weighted by molar-refractivity contribution is 5.94. The molecule has 0 aromatic heterocycles. The Bertz CT molecular complexity index is 883. The first-order chi connectivity index (χ1) is 13.9. The molecular weight excluding hydrogens is 380 g/mol. The van der Waals surface area contributed by atoms with Gasteiger partial charge >= 0.3 is 5.97 Å². The Morgan fingerprint density at radius 1 is 1.17 bits per heavy atom. The Morgan fingerprint density at radius 2 is 1.97 bits per heavy atom. The van der Waals surface area contributed by atoms with Gasteiger partial charge in [-0.15, -0.1) is 0 Å². The van der Waals surface area contributed by atoms with Crippen LogP contribution in [0.15, 0.2) is 42.5 Å². The van der Waals surface area contributed by atoms with E-state index in [0.29, 0.717) is 13.0 Å². The van der Waals surface area contributed by atoms with Crippen LogP contribution in [-0.2, 0) is 14.3 Å². The number of nitrogens with zero attached hydrogens (tertiary/aromatic N) is 1. The van der Waals surface area contributed by atoms with Crippen LogP contribution in [0, 0.1) is 17.0 Å². The topological polar surface area (TPSA) is 117 Å². The highest BCUT2D eigenvalue weighted by atomic mass is 16.6. The van der Waals surface area contributed by atoms with E-state index in [-0.39, 0.29) is 23.5 Å². The molecule has 1 amide bonds. The first kappa shape index (κ1) is 21.7. The molecule has 0 heterocycles. The van der Waals surface area contributed by atoms with Gasteiger partial charge in [0.25, 0.3) is 11.6 Å². The van der Waals surface area contributed by atoms with Crippen LogP contribution in [-0.4, -0.2) is 37.1 Å². The zero-order chi connectivity index (χ0) is 21.2. The van der Waals surface area contributed by atoms with Crippen LogP contribution >= 0.6 is 0 Å². The largest absolute Gasteiger partial charge is 0.495 e. The minimum Gasteiger partial charge on any atom is -0.495 e. The zero-order valence-electron chi connectivity index (χ0n) is 16.2. The van der Waals surface area contributed by atoms with E-state index in [4.69, 9.17) is 14.2 Å². The van der Waals surface area contributed by atoms with Crippen molar-refractivity contribution in [3.8, 4) is 11.5 Å². The summed E-state index contributed by atoms with van der Waals surface area (Å²) in [4.78, 5) is 34.0. The summed E-state index contributed by atoms with van der Waals surface area (Å²) in [6.07, 6.45) is 0.534. The fraction of sp³-hybridized carbons (Fsp3) is 0.300. The molecule has 0 bridgehead atoms. The number of carbonyl (C=O) groups is 2. The standard InChI is InChI=1S/C20H22N2O7/c1-14-5-3-6-16(11-14)28-10-4-7-20(24)29-13-19(23)21-17-12-15(22(25)26)8-9-18(17)27-2/h3,5-6,8-9,11-12H,4,7,10,13H2,1-2H3,(H,21,23). The van der Waals surface area contributed by atoms with Crippen molar-refractivity contribution in [2.45, 2.75) is 19.8 Å². The smallest absolute Gasteiger partial charge is 0.306 e. The molecule has 2 rings (SSSR count). The van der Waals surface area contributed by atoms with Crippen molar-refractivity contribution < 1.29 is 28.7 Å². The molecule has 0 atom stereocenters.